The minimum absolute atomic E-state index is 0.0344. The van der Waals surface area contributed by atoms with Gasteiger partial charge in [0.05, 0.1) is 12.1 Å². The minimum Gasteiger partial charge on any atom is -0.493 e. The van der Waals surface area contributed by atoms with Gasteiger partial charge in [0.25, 0.3) is 0 Å². The number of carbonyl (C=O) groups excluding carboxylic acids is 1. The molecular weight excluding hydrogens is 395 g/mol. The van der Waals surface area contributed by atoms with Crippen LogP contribution < -0.4 is 4.74 Å². The monoisotopic (exact) mass is 417 g/mol. The zero-order valence-corrected chi connectivity index (χ0v) is 16.7. The fourth-order valence-corrected chi connectivity index (χ4v) is 4.74. The molecule has 1 spiro atoms. The SMILES string of the molecule is CC(=O)N1CC(c2cc(F)ccc2F)=CC12c1cc(F)cc(C)c1OCC2CCO. The highest BCUT2D eigenvalue weighted by molar-refractivity contribution is 5.83. The Morgan fingerprint density at radius 2 is 2.00 bits per heavy atom. The molecular formula is C23H22F3NO3. The summed E-state index contributed by atoms with van der Waals surface area (Å²) in [7, 11) is 0. The third-order valence-electron chi connectivity index (χ3n) is 6.02. The van der Waals surface area contributed by atoms with Gasteiger partial charge in [-0.1, -0.05) is 0 Å². The van der Waals surface area contributed by atoms with Crippen molar-refractivity contribution in [3.63, 3.8) is 0 Å². The second-order valence-electron chi connectivity index (χ2n) is 7.84. The first-order chi connectivity index (χ1) is 14.3. The number of amides is 1. The van der Waals surface area contributed by atoms with Crippen molar-refractivity contribution >= 4 is 11.5 Å². The number of ether oxygens (including phenoxy) is 1. The van der Waals surface area contributed by atoms with Gasteiger partial charge in [-0.25, -0.2) is 13.2 Å². The van der Waals surface area contributed by atoms with Crippen LogP contribution in [0.1, 0.15) is 30.0 Å². The molecule has 0 radical (unpaired) electrons. The summed E-state index contributed by atoms with van der Waals surface area (Å²) in [5, 5.41) is 9.64. The summed E-state index contributed by atoms with van der Waals surface area (Å²) >= 11 is 0. The Bertz CT molecular complexity index is 1050. The van der Waals surface area contributed by atoms with E-state index in [1.807, 2.05) is 0 Å². The molecule has 2 aromatic rings. The lowest BCUT2D eigenvalue weighted by Gasteiger charge is -2.47. The summed E-state index contributed by atoms with van der Waals surface area (Å²) in [5.74, 6) is -1.91. The third-order valence-corrected chi connectivity index (χ3v) is 6.02. The van der Waals surface area contributed by atoms with Crippen molar-refractivity contribution in [2.45, 2.75) is 25.8 Å². The van der Waals surface area contributed by atoms with E-state index in [0.717, 1.165) is 18.2 Å². The first-order valence-electron chi connectivity index (χ1n) is 9.77. The van der Waals surface area contributed by atoms with Crippen molar-refractivity contribution in [1.29, 1.82) is 0 Å². The van der Waals surface area contributed by atoms with Gasteiger partial charge in [-0.3, -0.25) is 4.79 Å². The van der Waals surface area contributed by atoms with Crippen LogP contribution >= 0.6 is 0 Å². The summed E-state index contributed by atoms with van der Waals surface area (Å²) in [6.07, 6.45) is 2.00. The van der Waals surface area contributed by atoms with Gasteiger partial charge in [-0.15, -0.1) is 0 Å². The largest absolute Gasteiger partial charge is 0.493 e. The van der Waals surface area contributed by atoms with Gasteiger partial charge in [0.2, 0.25) is 5.91 Å². The third kappa shape index (κ3) is 3.08. The van der Waals surface area contributed by atoms with Crippen molar-refractivity contribution in [2.75, 3.05) is 19.8 Å². The number of aryl methyl sites for hydroxylation is 1. The smallest absolute Gasteiger partial charge is 0.220 e. The lowest BCUT2D eigenvalue weighted by Crippen LogP contribution is -2.53. The van der Waals surface area contributed by atoms with Gasteiger partial charge in [-0.2, -0.15) is 0 Å². The van der Waals surface area contributed by atoms with Gasteiger partial charge in [0.1, 0.15) is 23.2 Å². The van der Waals surface area contributed by atoms with E-state index in [4.69, 9.17) is 4.74 Å². The lowest BCUT2D eigenvalue weighted by molar-refractivity contribution is -0.135. The highest BCUT2D eigenvalue weighted by Crippen LogP contribution is 2.53. The van der Waals surface area contributed by atoms with Gasteiger partial charge in [-0.05, 0) is 60.9 Å². The lowest BCUT2D eigenvalue weighted by atomic mass is 9.73. The highest BCUT2D eigenvalue weighted by atomic mass is 19.1. The number of nitrogens with zero attached hydrogens (tertiary/aromatic N) is 1. The zero-order valence-electron chi connectivity index (χ0n) is 16.7. The van der Waals surface area contributed by atoms with Crippen LogP contribution in [0.25, 0.3) is 5.57 Å². The molecule has 1 amide bonds. The molecule has 0 bridgehead atoms. The first kappa shape index (κ1) is 20.5. The summed E-state index contributed by atoms with van der Waals surface area (Å²) in [5.41, 5.74) is 0.381. The van der Waals surface area contributed by atoms with E-state index in [2.05, 4.69) is 0 Å². The number of aliphatic hydroxyl groups is 1. The minimum atomic E-state index is -1.14. The molecule has 0 aromatic heterocycles. The van der Waals surface area contributed by atoms with Crippen LogP contribution in [0, 0.1) is 30.3 Å². The summed E-state index contributed by atoms with van der Waals surface area (Å²) in [6, 6.07) is 5.84. The van der Waals surface area contributed by atoms with Crippen LogP contribution in [0.2, 0.25) is 0 Å². The van der Waals surface area contributed by atoms with Crippen molar-refractivity contribution in [3.05, 3.63) is 70.5 Å². The highest BCUT2D eigenvalue weighted by Gasteiger charge is 2.53. The van der Waals surface area contributed by atoms with Crippen LogP contribution in [0.4, 0.5) is 13.2 Å². The molecule has 7 heteroatoms. The van der Waals surface area contributed by atoms with Crippen LogP contribution in [0.15, 0.2) is 36.4 Å². The Hall–Kier alpha value is -2.80. The van der Waals surface area contributed by atoms with Crippen LogP contribution in [0.5, 0.6) is 5.75 Å². The number of carbonyl (C=O) groups is 1. The number of fused-ring (bicyclic) bond motifs is 2. The molecule has 30 heavy (non-hydrogen) atoms. The van der Waals surface area contributed by atoms with Gasteiger partial charge in [0, 0.05) is 37.1 Å². The molecule has 2 aromatic carbocycles. The van der Waals surface area contributed by atoms with Crippen molar-refractivity contribution in [3.8, 4) is 5.75 Å². The maximum Gasteiger partial charge on any atom is 0.220 e. The molecule has 2 atom stereocenters. The van der Waals surface area contributed by atoms with E-state index in [1.165, 1.54) is 24.0 Å². The second-order valence-corrected chi connectivity index (χ2v) is 7.84. The zero-order chi connectivity index (χ0) is 21.6. The molecule has 2 aliphatic rings. The number of hydrogen-bond donors (Lipinski definition) is 1. The molecule has 1 N–H and O–H groups in total. The molecule has 4 rings (SSSR count). The number of aliphatic hydroxyl groups excluding tert-OH is 1. The maximum atomic E-state index is 14.5. The van der Waals surface area contributed by atoms with E-state index >= 15 is 0 Å². The molecule has 2 heterocycles. The molecule has 0 saturated heterocycles. The van der Waals surface area contributed by atoms with Gasteiger partial charge < -0.3 is 14.7 Å². The Balaban J connectivity index is 2.00. The number of rotatable bonds is 3. The van der Waals surface area contributed by atoms with E-state index in [-0.39, 0.29) is 37.6 Å². The van der Waals surface area contributed by atoms with Crippen LogP contribution in [-0.4, -0.2) is 35.7 Å². The summed E-state index contributed by atoms with van der Waals surface area (Å²) < 4.78 is 48.7. The predicted molar refractivity (Wildman–Crippen MR) is 105 cm³/mol. The number of benzene rings is 2. The average molecular weight is 417 g/mol. The topological polar surface area (TPSA) is 49.8 Å². The second kappa shape index (κ2) is 7.47. The van der Waals surface area contributed by atoms with Gasteiger partial charge >= 0.3 is 0 Å². The Labute approximate surface area is 172 Å². The maximum absolute atomic E-state index is 14.5. The molecule has 2 aliphatic heterocycles. The van der Waals surface area contributed by atoms with E-state index < -0.39 is 28.9 Å². The van der Waals surface area contributed by atoms with Crippen molar-refractivity contribution in [1.82, 2.24) is 4.90 Å². The molecule has 2 unspecified atom stereocenters. The van der Waals surface area contributed by atoms with Crippen molar-refractivity contribution < 1.29 is 27.8 Å². The Morgan fingerprint density at radius 3 is 2.70 bits per heavy atom. The van der Waals surface area contributed by atoms with E-state index in [9.17, 15) is 23.1 Å². The van der Waals surface area contributed by atoms with Gasteiger partial charge in [0.15, 0.2) is 0 Å². The number of hydrogen-bond acceptors (Lipinski definition) is 3. The molecule has 0 aliphatic carbocycles. The molecule has 158 valence electrons. The fraction of sp³-hybridized carbons (Fsp3) is 0.348. The number of halogens is 3. The molecule has 4 nitrogen and oxygen atoms in total. The summed E-state index contributed by atoms with van der Waals surface area (Å²) in [6.45, 7) is 3.16. The van der Waals surface area contributed by atoms with E-state index in [0.29, 0.717) is 22.4 Å². The fourth-order valence-electron chi connectivity index (χ4n) is 4.74. The Kier molecular flexibility index (Phi) is 5.10. The predicted octanol–water partition coefficient (Wildman–Crippen LogP) is 3.94. The summed E-state index contributed by atoms with van der Waals surface area (Å²) in [4.78, 5) is 14.2. The average Bonchev–Trinajstić information content (AvgIpc) is 3.08. The Morgan fingerprint density at radius 1 is 1.23 bits per heavy atom. The van der Waals surface area contributed by atoms with Crippen LogP contribution in [0.3, 0.4) is 0 Å². The quantitative estimate of drug-likeness (QED) is 0.823. The molecule has 0 saturated carbocycles. The van der Waals surface area contributed by atoms with Crippen molar-refractivity contribution in [2.24, 2.45) is 5.92 Å². The normalized spacial score (nSPS) is 22.7. The van der Waals surface area contributed by atoms with E-state index in [1.54, 1.807) is 13.0 Å². The standard InChI is InChI=1S/C23H22F3NO3/c1-13-7-18(25)9-20-22(13)30-12-16(5-6-28)23(20)10-15(11-27(23)14(2)29)19-8-17(24)3-4-21(19)26/h3-4,7-10,16,28H,5-6,11-12H2,1-2H3. The van der Waals surface area contributed by atoms with Crippen LogP contribution in [-0.2, 0) is 10.3 Å². The first-order valence-corrected chi connectivity index (χ1v) is 9.77. The molecule has 0 fully saturated rings.